The van der Waals surface area contributed by atoms with Gasteiger partial charge in [-0.3, -0.25) is 0 Å². The number of aromatic nitrogens is 2. The van der Waals surface area contributed by atoms with Crippen LogP contribution in [0.5, 0.6) is 11.5 Å². The Morgan fingerprint density at radius 2 is 1.67 bits per heavy atom. The maximum absolute atomic E-state index is 5.88. The number of hydrogen-bond donors (Lipinski definition) is 1. The molecular formula is C21H18ClN3O2. The molecule has 0 spiro atoms. The minimum absolute atomic E-state index is 0.409. The topological polar surface area (TPSA) is 61.8 Å². The van der Waals surface area contributed by atoms with Gasteiger partial charge >= 0.3 is 0 Å². The van der Waals surface area contributed by atoms with E-state index in [-0.39, 0.29) is 0 Å². The number of benzene rings is 2. The van der Waals surface area contributed by atoms with E-state index in [9.17, 15) is 0 Å². The summed E-state index contributed by atoms with van der Waals surface area (Å²) >= 11 is 5.87. The lowest BCUT2D eigenvalue weighted by molar-refractivity contribution is 0.218. The van der Waals surface area contributed by atoms with E-state index < -0.39 is 0 Å². The van der Waals surface area contributed by atoms with Crippen LogP contribution in [-0.2, 0) is 0 Å². The van der Waals surface area contributed by atoms with Gasteiger partial charge in [0.15, 0.2) is 11.4 Å². The first kappa shape index (κ1) is 17.2. The van der Waals surface area contributed by atoms with Crippen molar-refractivity contribution in [3.8, 4) is 22.8 Å². The van der Waals surface area contributed by atoms with Gasteiger partial charge in [0.05, 0.1) is 5.69 Å². The Hall–Kier alpha value is -3.18. The third-order valence-corrected chi connectivity index (χ3v) is 4.33. The lowest BCUT2D eigenvalue weighted by Crippen LogP contribution is -2.09. The Morgan fingerprint density at radius 3 is 2.44 bits per heavy atom. The molecular weight excluding hydrogens is 362 g/mol. The molecule has 0 saturated carbocycles. The van der Waals surface area contributed by atoms with E-state index in [0.717, 1.165) is 28.3 Å². The summed E-state index contributed by atoms with van der Waals surface area (Å²) < 4.78 is 13.5. The van der Waals surface area contributed by atoms with Gasteiger partial charge in [0.1, 0.15) is 19.0 Å². The molecule has 0 atom stereocenters. The first-order valence-electron chi connectivity index (χ1n) is 8.54. The number of anilines is 1. The maximum Gasteiger partial charge on any atom is 0.180 e. The standard InChI is InChI=1S/C21H18ClN3O2/c22-16-5-9-18(10-6-16)26-12-13-27-20-2-1-11-25-14-19(24-21(20)25)15-3-7-17(23)8-4-15/h1-11,14H,12-13,23H2. The van der Waals surface area contributed by atoms with Crippen LogP contribution >= 0.6 is 11.6 Å². The highest BCUT2D eigenvalue weighted by atomic mass is 35.5. The van der Waals surface area contributed by atoms with Crippen molar-refractivity contribution in [2.24, 2.45) is 0 Å². The molecule has 0 bridgehead atoms. The Labute approximate surface area is 161 Å². The van der Waals surface area contributed by atoms with Crippen molar-refractivity contribution in [3.05, 3.63) is 78.1 Å². The molecule has 5 nitrogen and oxygen atoms in total. The molecule has 27 heavy (non-hydrogen) atoms. The fourth-order valence-corrected chi connectivity index (χ4v) is 2.86. The lowest BCUT2D eigenvalue weighted by atomic mass is 10.1. The highest BCUT2D eigenvalue weighted by molar-refractivity contribution is 6.30. The zero-order valence-corrected chi connectivity index (χ0v) is 15.3. The molecule has 0 aliphatic carbocycles. The van der Waals surface area contributed by atoms with Gasteiger partial charge in [-0.1, -0.05) is 23.7 Å². The van der Waals surface area contributed by atoms with Gasteiger partial charge in [0.25, 0.3) is 0 Å². The van der Waals surface area contributed by atoms with E-state index in [1.54, 1.807) is 12.1 Å². The zero-order valence-electron chi connectivity index (χ0n) is 14.5. The molecule has 0 amide bonds. The Bertz CT molecular complexity index is 1040. The van der Waals surface area contributed by atoms with Gasteiger partial charge in [-0.25, -0.2) is 4.98 Å². The van der Waals surface area contributed by atoms with Crippen molar-refractivity contribution in [1.29, 1.82) is 0 Å². The summed E-state index contributed by atoms with van der Waals surface area (Å²) in [6.45, 7) is 0.834. The zero-order chi connectivity index (χ0) is 18.6. The van der Waals surface area contributed by atoms with Gasteiger partial charge in [-0.15, -0.1) is 0 Å². The number of rotatable bonds is 6. The van der Waals surface area contributed by atoms with Crippen LogP contribution < -0.4 is 15.2 Å². The average molecular weight is 380 g/mol. The molecule has 4 rings (SSSR count). The molecule has 0 saturated heterocycles. The monoisotopic (exact) mass is 379 g/mol. The van der Waals surface area contributed by atoms with E-state index in [4.69, 9.17) is 31.8 Å². The van der Waals surface area contributed by atoms with Crippen molar-refractivity contribution < 1.29 is 9.47 Å². The predicted octanol–water partition coefficient (Wildman–Crippen LogP) is 4.69. The second-order valence-corrected chi connectivity index (χ2v) is 6.44. The molecule has 2 aromatic heterocycles. The minimum Gasteiger partial charge on any atom is -0.490 e. The van der Waals surface area contributed by atoms with Crippen LogP contribution in [0.15, 0.2) is 73.1 Å². The largest absolute Gasteiger partial charge is 0.490 e. The molecule has 6 heteroatoms. The summed E-state index contributed by atoms with van der Waals surface area (Å²) in [6, 6.07) is 18.7. The highest BCUT2D eigenvalue weighted by Gasteiger charge is 2.09. The predicted molar refractivity (Wildman–Crippen MR) is 107 cm³/mol. The summed E-state index contributed by atoms with van der Waals surface area (Å²) in [5.74, 6) is 1.46. The summed E-state index contributed by atoms with van der Waals surface area (Å²) in [4.78, 5) is 4.70. The fourth-order valence-electron chi connectivity index (χ4n) is 2.73. The van der Waals surface area contributed by atoms with Crippen LogP contribution in [-0.4, -0.2) is 22.6 Å². The third-order valence-electron chi connectivity index (χ3n) is 4.08. The average Bonchev–Trinajstić information content (AvgIpc) is 3.12. The van der Waals surface area contributed by atoms with Gasteiger partial charge < -0.3 is 19.6 Å². The number of nitrogens with zero attached hydrogens (tertiary/aromatic N) is 2. The van der Waals surface area contributed by atoms with Crippen molar-refractivity contribution in [2.75, 3.05) is 18.9 Å². The first-order valence-corrected chi connectivity index (χ1v) is 8.92. The van der Waals surface area contributed by atoms with Crippen LogP contribution in [0, 0.1) is 0 Å². The molecule has 0 aliphatic rings. The summed E-state index contributed by atoms with van der Waals surface area (Å²) in [6.07, 6.45) is 3.91. The lowest BCUT2D eigenvalue weighted by Gasteiger charge is -2.09. The fraction of sp³-hybridized carbons (Fsp3) is 0.0952. The number of fused-ring (bicyclic) bond motifs is 1. The Balaban J connectivity index is 1.45. The van der Waals surface area contributed by atoms with E-state index in [1.165, 1.54) is 0 Å². The number of pyridine rings is 1. The van der Waals surface area contributed by atoms with Gasteiger partial charge in [-0.05, 0) is 48.5 Å². The SMILES string of the molecule is Nc1ccc(-c2cn3cccc(OCCOc4ccc(Cl)cc4)c3n2)cc1. The minimum atomic E-state index is 0.409. The first-order chi connectivity index (χ1) is 13.2. The molecule has 2 aromatic carbocycles. The number of halogens is 1. The number of nitrogen functional groups attached to an aromatic ring is 1. The van der Waals surface area contributed by atoms with Gasteiger partial charge in [0, 0.05) is 28.7 Å². The van der Waals surface area contributed by atoms with E-state index in [0.29, 0.717) is 24.0 Å². The summed E-state index contributed by atoms with van der Waals surface area (Å²) in [5.41, 5.74) is 9.12. The van der Waals surface area contributed by atoms with E-state index >= 15 is 0 Å². The van der Waals surface area contributed by atoms with Crippen LogP contribution in [0.3, 0.4) is 0 Å². The second kappa shape index (κ2) is 7.60. The van der Waals surface area contributed by atoms with Crippen molar-refractivity contribution in [3.63, 3.8) is 0 Å². The maximum atomic E-state index is 5.88. The Morgan fingerprint density at radius 1 is 0.926 bits per heavy atom. The molecule has 2 N–H and O–H groups in total. The molecule has 136 valence electrons. The van der Waals surface area contributed by atoms with Gasteiger partial charge in [0.2, 0.25) is 0 Å². The number of ether oxygens (including phenoxy) is 2. The third kappa shape index (κ3) is 3.99. The van der Waals surface area contributed by atoms with Crippen LogP contribution in [0.1, 0.15) is 0 Å². The molecule has 0 radical (unpaired) electrons. The van der Waals surface area contributed by atoms with E-state index in [1.807, 2.05) is 65.3 Å². The van der Waals surface area contributed by atoms with Crippen molar-refractivity contribution in [1.82, 2.24) is 9.38 Å². The Kier molecular flexibility index (Phi) is 4.85. The molecule has 0 fully saturated rings. The molecule has 0 unspecified atom stereocenters. The second-order valence-electron chi connectivity index (χ2n) is 6.00. The normalized spacial score (nSPS) is 10.9. The van der Waals surface area contributed by atoms with Crippen molar-refractivity contribution >= 4 is 22.9 Å². The van der Waals surface area contributed by atoms with Crippen LogP contribution in [0.4, 0.5) is 5.69 Å². The highest BCUT2D eigenvalue weighted by Crippen LogP contribution is 2.25. The quantitative estimate of drug-likeness (QED) is 0.390. The smallest absolute Gasteiger partial charge is 0.180 e. The summed E-state index contributed by atoms with van der Waals surface area (Å²) in [5, 5.41) is 0.682. The van der Waals surface area contributed by atoms with Gasteiger partial charge in [-0.2, -0.15) is 0 Å². The molecule has 0 aliphatic heterocycles. The van der Waals surface area contributed by atoms with E-state index in [2.05, 4.69) is 0 Å². The number of nitrogens with two attached hydrogens (primary N) is 1. The molecule has 4 aromatic rings. The number of imidazole rings is 1. The molecule has 2 heterocycles. The van der Waals surface area contributed by atoms with Crippen molar-refractivity contribution in [2.45, 2.75) is 0 Å². The van der Waals surface area contributed by atoms with Crippen LogP contribution in [0.2, 0.25) is 5.02 Å². The van der Waals surface area contributed by atoms with Crippen LogP contribution in [0.25, 0.3) is 16.9 Å². The summed E-state index contributed by atoms with van der Waals surface area (Å²) in [7, 11) is 0. The number of hydrogen-bond acceptors (Lipinski definition) is 4.